The van der Waals surface area contributed by atoms with Crippen LogP contribution >= 0.6 is 0 Å². The van der Waals surface area contributed by atoms with Crippen LogP contribution in [0.15, 0.2) is 18.2 Å². The van der Waals surface area contributed by atoms with Crippen LogP contribution in [0.2, 0.25) is 0 Å². The zero-order valence-electron chi connectivity index (χ0n) is 10.4. The number of nitrogens with one attached hydrogen (secondary N) is 2. The summed E-state index contributed by atoms with van der Waals surface area (Å²) in [5.74, 6) is 4.71. The normalized spacial score (nSPS) is 9.70. The van der Waals surface area contributed by atoms with Crippen LogP contribution in [0.25, 0.3) is 0 Å². The number of nitrogens with zero attached hydrogens (tertiary/aromatic N) is 4. The topological polar surface area (TPSA) is 122 Å². The molecule has 0 spiro atoms. The highest BCUT2D eigenvalue weighted by Gasteiger charge is 2.09. The molecule has 2 rings (SSSR count). The smallest absolute Gasteiger partial charge is 0.322 e. The van der Waals surface area contributed by atoms with E-state index in [1.165, 1.54) is 19.2 Å². The van der Waals surface area contributed by atoms with Gasteiger partial charge < -0.3 is 10.1 Å². The van der Waals surface area contributed by atoms with Gasteiger partial charge in [-0.1, -0.05) is 0 Å². The number of anilines is 3. The molecule has 0 aliphatic rings. The minimum absolute atomic E-state index is 0.0181. The van der Waals surface area contributed by atoms with Crippen molar-refractivity contribution in [2.45, 2.75) is 0 Å². The van der Waals surface area contributed by atoms with Gasteiger partial charge in [-0.15, -0.1) is 0 Å². The highest BCUT2D eigenvalue weighted by atomic mass is 19.1. The van der Waals surface area contributed by atoms with Crippen LogP contribution in [0.1, 0.15) is 5.56 Å². The maximum Gasteiger partial charge on any atom is 0.322 e. The van der Waals surface area contributed by atoms with Crippen molar-refractivity contribution in [2.75, 3.05) is 17.9 Å². The van der Waals surface area contributed by atoms with Gasteiger partial charge in [0.15, 0.2) is 0 Å². The second kappa shape index (κ2) is 5.77. The van der Waals surface area contributed by atoms with Gasteiger partial charge in [0.1, 0.15) is 5.82 Å². The van der Waals surface area contributed by atoms with Crippen molar-refractivity contribution in [3.8, 4) is 12.1 Å². The van der Waals surface area contributed by atoms with Crippen molar-refractivity contribution in [3.63, 3.8) is 0 Å². The molecule has 9 heteroatoms. The predicted molar refractivity (Wildman–Crippen MR) is 68.6 cm³/mol. The minimum Gasteiger partial charge on any atom is -0.467 e. The molecule has 0 saturated carbocycles. The van der Waals surface area contributed by atoms with Gasteiger partial charge in [-0.25, -0.2) is 10.2 Å². The molecular weight excluding hydrogens is 265 g/mol. The maximum absolute atomic E-state index is 13.7. The van der Waals surface area contributed by atoms with Crippen LogP contribution in [0, 0.1) is 17.1 Å². The van der Waals surface area contributed by atoms with E-state index in [0.29, 0.717) is 0 Å². The van der Waals surface area contributed by atoms with Gasteiger partial charge in [-0.05, 0) is 18.2 Å². The molecule has 1 aromatic heterocycles. The molecule has 0 atom stereocenters. The van der Waals surface area contributed by atoms with Crippen LogP contribution in [-0.4, -0.2) is 22.1 Å². The molecule has 0 aliphatic heterocycles. The fourth-order valence-electron chi connectivity index (χ4n) is 1.37. The number of hydrogen-bond acceptors (Lipinski definition) is 8. The van der Waals surface area contributed by atoms with Gasteiger partial charge in [-0.3, -0.25) is 5.43 Å². The van der Waals surface area contributed by atoms with Crippen LogP contribution in [-0.2, 0) is 0 Å². The molecule has 0 fully saturated rings. The number of methoxy groups -OCH3 is 1. The minimum atomic E-state index is -0.606. The lowest BCUT2D eigenvalue weighted by molar-refractivity contribution is 0.379. The molecule has 1 aromatic carbocycles. The highest BCUT2D eigenvalue weighted by molar-refractivity contribution is 5.56. The molecule has 0 radical (unpaired) electrons. The first-order valence-corrected chi connectivity index (χ1v) is 5.39. The van der Waals surface area contributed by atoms with E-state index in [0.717, 1.165) is 6.07 Å². The average Bonchev–Trinajstić information content (AvgIpc) is 2.48. The van der Waals surface area contributed by atoms with Crippen molar-refractivity contribution in [2.24, 2.45) is 5.84 Å². The number of nitrogen functional groups attached to an aromatic ring is 1. The molecule has 0 unspecified atom stereocenters. The van der Waals surface area contributed by atoms with Crippen molar-refractivity contribution < 1.29 is 9.13 Å². The van der Waals surface area contributed by atoms with Gasteiger partial charge in [-0.2, -0.15) is 20.2 Å². The molecule has 4 N–H and O–H groups in total. The first kappa shape index (κ1) is 13.4. The Labute approximate surface area is 113 Å². The van der Waals surface area contributed by atoms with E-state index in [4.69, 9.17) is 15.8 Å². The summed E-state index contributed by atoms with van der Waals surface area (Å²) in [7, 11) is 1.38. The zero-order chi connectivity index (χ0) is 14.5. The monoisotopic (exact) mass is 275 g/mol. The van der Waals surface area contributed by atoms with Crippen molar-refractivity contribution in [3.05, 3.63) is 29.6 Å². The Morgan fingerprint density at radius 3 is 2.65 bits per heavy atom. The molecule has 1 heterocycles. The van der Waals surface area contributed by atoms with E-state index in [1.807, 2.05) is 6.07 Å². The van der Waals surface area contributed by atoms with E-state index in [2.05, 4.69) is 25.7 Å². The summed E-state index contributed by atoms with van der Waals surface area (Å²) in [5, 5.41) is 11.3. The Bertz CT molecular complexity index is 648. The second-order valence-electron chi connectivity index (χ2n) is 3.55. The number of hydrogen-bond donors (Lipinski definition) is 3. The molecule has 0 amide bonds. The standard InChI is InChI=1S/C11H10FN7O/c1-20-11-17-9(16-10(18-11)19-14)15-8-3-2-6(5-13)4-7(8)12/h2-4H,14H2,1H3,(H2,15,16,17,18,19). The first-order valence-electron chi connectivity index (χ1n) is 5.39. The SMILES string of the molecule is COc1nc(NN)nc(Nc2ccc(C#N)cc2F)n1. The summed E-state index contributed by atoms with van der Waals surface area (Å²) in [5.41, 5.74) is 2.57. The van der Waals surface area contributed by atoms with Crippen molar-refractivity contribution in [1.29, 1.82) is 5.26 Å². The number of benzene rings is 1. The molecule has 0 bridgehead atoms. The lowest BCUT2D eigenvalue weighted by Gasteiger charge is -2.08. The van der Waals surface area contributed by atoms with Crippen LogP contribution in [0.5, 0.6) is 6.01 Å². The van der Waals surface area contributed by atoms with Gasteiger partial charge in [0.25, 0.3) is 0 Å². The molecule has 8 nitrogen and oxygen atoms in total. The molecule has 0 saturated heterocycles. The number of hydrazine groups is 1. The maximum atomic E-state index is 13.7. The van der Waals surface area contributed by atoms with E-state index >= 15 is 0 Å². The largest absolute Gasteiger partial charge is 0.467 e. The highest BCUT2D eigenvalue weighted by Crippen LogP contribution is 2.20. The summed E-state index contributed by atoms with van der Waals surface area (Å²) in [6.07, 6.45) is 0. The number of halogens is 1. The van der Waals surface area contributed by atoms with Gasteiger partial charge in [0.05, 0.1) is 24.4 Å². The van der Waals surface area contributed by atoms with Crippen molar-refractivity contribution >= 4 is 17.6 Å². The van der Waals surface area contributed by atoms with Gasteiger partial charge in [0, 0.05) is 0 Å². The third-order valence-corrected chi connectivity index (χ3v) is 2.27. The van der Waals surface area contributed by atoms with E-state index in [-0.39, 0.29) is 29.2 Å². The van der Waals surface area contributed by atoms with Crippen LogP contribution in [0.3, 0.4) is 0 Å². The number of aromatic nitrogens is 3. The molecule has 102 valence electrons. The Morgan fingerprint density at radius 1 is 1.30 bits per heavy atom. The molecule has 20 heavy (non-hydrogen) atoms. The van der Waals surface area contributed by atoms with Gasteiger partial charge in [0.2, 0.25) is 11.9 Å². The Morgan fingerprint density at radius 2 is 2.05 bits per heavy atom. The predicted octanol–water partition coefficient (Wildman–Crippen LogP) is 0.920. The van der Waals surface area contributed by atoms with E-state index in [1.54, 1.807) is 0 Å². The fraction of sp³-hybridized carbons (Fsp3) is 0.0909. The van der Waals surface area contributed by atoms with E-state index in [9.17, 15) is 4.39 Å². The van der Waals surface area contributed by atoms with E-state index < -0.39 is 5.82 Å². The van der Waals surface area contributed by atoms with Crippen LogP contribution in [0.4, 0.5) is 22.0 Å². The molecule has 0 aliphatic carbocycles. The number of rotatable bonds is 4. The lowest BCUT2D eigenvalue weighted by Crippen LogP contribution is -2.13. The van der Waals surface area contributed by atoms with Gasteiger partial charge >= 0.3 is 6.01 Å². The van der Waals surface area contributed by atoms with Crippen LogP contribution < -0.4 is 21.3 Å². The zero-order valence-corrected chi connectivity index (χ0v) is 10.4. The number of nitriles is 1. The third kappa shape index (κ3) is 2.88. The Hall–Kier alpha value is -2.99. The first-order chi connectivity index (χ1) is 9.66. The second-order valence-corrected chi connectivity index (χ2v) is 3.55. The summed E-state index contributed by atoms with van der Waals surface area (Å²) in [6.45, 7) is 0. The third-order valence-electron chi connectivity index (χ3n) is 2.27. The van der Waals surface area contributed by atoms with Crippen molar-refractivity contribution in [1.82, 2.24) is 15.0 Å². The summed E-state index contributed by atoms with van der Waals surface area (Å²) in [6, 6.07) is 5.82. The lowest BCUT2D eigenvalue weighted by atomic mass is 10.2. The summed E-state index contributed by atoms with van der Waals surface area (Å²) < 4.78 is 18.6. The average molecular weight is 275 g/mol. The fourth-order valence-corrected chi connectivity index (χ4v) is 1.37. The summed E-state index contributed by atoms with van der Waals surface area (Å²) >= 11 is 0. The summed E-state index contributed by atoms with van der Waals surface area (Å²) in [4.78, 5) is 11.6. The number of ether oxygens (including phenoxy) is 1. The Kier molecular flexibility index (Phi) is 3.88. The Balaban J connectivity index is 2.32. The quantitative estimate of drug-likeness (QED) is 0.556. The molecule has 2 aromatic rings. The number of nitrogens with two attached hydrogens (primary N) is 1. The molecular formula is C11H10FN7O.